The molecule has 0 saturated carbocycles. The van der Waals surface area contributed by atoms with E-state index in [4.69, 9.17) is 9.47 Å². The first-order valence-electron chi connectivity index (χ1n) is 9.75. The Bertz CT molecular complexity index is 929. The van der Waals surface area contributed by atoms with Crippen LogP contribution in [0.3, 0.4) is 0 Å². The van der Waals surface area contributed by atoms with Crippen molar-refractivity contribution in [2.75, 3.05) is 31.4 Å². The first-order chi connectivity index (χ1) is 14.1. The molecule has 0 radical (unpaired) electrons. The number of hydrogen-bond acceptors (Lipinski definition) is 6. The zero-order valence-corrected chi connectivity index (χ0v) is 17.4. The molecule has 1 heterocycles. The Kier molecular flexibility index (Phi) is 6.89. The first kappa shape index (κ1) is 20.5. The number of nitrogens with one attached hydrogen (secondary N) is 2. The van der Waals surface area contributed by atoms with Crippen molar-refractivity contribution in [2.45, 2.75) is 26.3 Å². The number of hydrogen-bond donors (Lipinski definition) is 2. The summed E-state index contributed by atoms with van der Waals surface area (Å²) in [6.07, 6.45) is 0.831. The third-order valence-corrected chi connectivity index (χ3v) is 4.38. The molecule has 3 aromatic rings. The van der Waals surface area contributed by atoms with Crippen molar-refractivity contribution in [1.29, 1.82) is 0 Å². The molecular formula is C23H28N4O2. The summed E-state index contributed by atoms with van der Waals surface area (Å²) in [5.41, 5.74) is 3.11. The standard InChI is InChI=1S/C23H28N4O2/c1-16(2)25-23-26-19(18-8-6-5-7-9-18)15-22(27-23)24-13-12-17-10-11-20(28-3)21(14-17)29-4/h5-11,14-16H,12-13H2,1-4H3,(H2,24,25,26,27). The fourth-order valence-electron chi connectivity index (χ4n) is 2.99. The summed E-state index contributed by atoms with van der Waals surface area (Å²) in [7, 11) is 3.29. The molecule has 0 fully saturated rings. The number of methoxy groups -OCH3 is 2. The number of ether oxygens (including phenoxy) is 2. The van der Waals surface area contributed by atoms with Gasteiger partial charge in [0.05, 0.1) is 19.9 Å². The molecule has 0 aliphatic rings. The molecule has 0 unspecified atom stereocenters. The fraction of sp³-hybridized carbons (Fsp3) is 0.304. The predicted molar refractivity (Wildman–Crippen MR) is 118 cm³/mol. The Labute approximate surface area is 172 Å². The summed E-state index contributed by atoms with van der Waals surface area (Å²) in [5.74, 6) is 2.89. The average Bonchev–Trinajstić information content (AvgIpc) is 2.73. The van der Waals surface area contributed by atoms with Crippen LogP contribution >= 0.6 is 0 Å². The molecule has 3 rings (SSSR count). The summed E-state index contributed by atoms with van der Waals surface area (Å²) < 4.78 is 10.7. The maximum atomic E-state index is 5.38. The molecular weight excluding hydrogens is 364 g/mol. The van der Waals surface area contributed by atoms with Crippen LogP contribution in [0, 0.1) is 0 Å². The van der Waals surface area contributed by atoms with Gasteiger partial charge in [0.15, 0.2) is 11.5 Å². The van der Waals surface area contributed by atoms with Gasteiger partial charge in [-0.1, -0.05) is 36.4 Å². The van der Waals surface area contributed by atoms with E-state index in [2.05, 4.69) is 46.6 Å². The maximum Gasteiger partial charge on any atom is 0.225 e. The minimum absolute atomic E-state index is 0.251. The van der Waals surface area contributed by atoms with Crippen molar-refractivity contribution in [3.05, 3.63) is 60.2 Å². The molecule has 0 saturated heterocycles. The lowest BCUT2D eigenvalue weighted by Gasteiger charge is -2.13. The number of anilines is 2. The molecule has 0 spiro atoms. The van der Waals surface area contributed by atoms with Crippen LogP contribution in [0.2, 0.25) is 0 Å². The van der Waals surface area contributed by atoms with E-state index < -0.39 is 0 Å². The van der Waals surface area contributed by atoms with Crippen LogP contribution in [0.4, 0.5) is 11.8 Å². The third kappa shape index (κ3) is 5.60. The van der Waals surface area contributed by atoms with Crippen LogP contribution in [0.1, 0.15) is 19.4 Å². The number of nitrogens with zero attached hydrogens (tertiary/aromatic N) is 2. The molecule has 2 aromatic carbocycles. The van der Waals surface area contributed by atoms with Crippen LogP contribution in [-0.2, 0) is 6.42 Å². The van der Waals surface area contributed by atoms with Crippen LogP contribution in [0.25, 0.3) is 11.3 Å². The minimum atomic E-state index is 0.251. The van der Waals surface area contributed by atoms with Crippen molar-refractivity contribution in [2.24, 2.45) is 0 Å². The second-order valence-electron chi connectivity index (χ2n) is 6.99. The Morgan fingerprint density at radius 3 is 2.34 bits per heavy atom. The van der Waals surface area contributed by atoms with Gasteiger partial charge in [-0.05, 0) is 38.0 Å². The van der Waals surface area contributed by atoms with E-state index in [-0.39, 0.29) is 6.04 Å². The lowest BCUT2D eigenvalue weighted by molar-refractivity contribution is 0.354. The Balaban J connectivity index is 1.74. The number of benzene rings is 2. The van der Waals surface area contributed by atoms with Gasteiger partial charge in [-0.3, -0.25) is 0 Å². The van der Waals surface area contributed by atoms with E-state index in [9.17, 15) is 0 Å². The van der Waals surface area contributed by atoms with Gasteiger partial charge in [-0.25, -0.2) is 4.98 Å². The molecule has 152 valence electrons. The van der Waals surface area contributed by atoms with Crippen LogP contribution in [-0.4, -0.2) is 36.8 Å². The lowest BCUT2D eigenvalue weighted by Crippen LogP contribution is -2.14. The molecule has 1 aromatic heterocycles. The smallest absolute Gasteiger partial charge is 0.225 e. The quantitative estimate of drug-likeness (QED) is 0.553. The fourth-order valence-corrected chi connectivity index (χ4v) is 2.99. The Morgan fingerprint density at radius 1 is 0.897 bits per heavy atom. The molecule has 0 atom stereocenters. The van der Waals surface area contributed by atoms with E-state index in [1.165, 1.54) is 0 Å². The van der Waals surface area contributed by atoms with Gasteiger partial charge >= 0.3 is 0 Å². The zero-order valence-electron chi connectivity index (χ0n) is 17.4. The van der Waals surface area contributed by atoms with E-state index in [1.54, 1.807) is 14.2 Å². The molecule has 2 N–H and O–H groups in total. The van der Waals surface area contributed by atoms with E-state index >= 15 is 0 Å². The molecule has 0 aliphatic carbocycles. The average molecular weight is 393 g/mol. The summed E-state index contributed by atoms with van der Waals surface area (Å²) in [6.45, 7) is 4.88. The van der Waals surface area contributed by atoms with Crippen LogP contribution in [0.5, 0.6) is 11.5 Å². The van der Waals surface area contributed by atoms with Crippen molar-refractivity contribution in [1.82, 2.24) is 9.97 Å². The van der Waals surface area contributed by atoms with Gasteiger partial charge in [0.1, 0.15) is 5.82 Å². The highest BCUT2D eigenvalue weighted by molar-refractivity contribution is 5.64. The van der Waals surface area contributed by atoms with Gasteiger partial charge in [-0.2, -0.15) is 4.98 Å². The lowest BCUT2D eigenvalue weighted by atomic mass is 10.1. The van der Waals surface area contributed by atoms with Crippen molar-refractivity contribution in [3.8, 4) is 22.8 Å². The third-order valence-electron chi connectivity index (χ3n) is 4.38. The highest BCUT2D eigenvalue weighted by atomic mass is 16.5. The minimum Gasteiger partial charge on any atom is -0.493 e. The van der Waals surface area contributed by atoms with Gasteiger partial charge in [0.2, 0.25) is 5.95 Å². The van der Waals surface area contributed by atoms with E-state index in [0.717, 1.165) is 47.1 Å². The van der Waals surface area contributed by atoms with E-state index in [1.807, 2.05) is 42.5 Å². The number of aromatic nitrogens is 2. The predicted octanol–water partition coefficient (Wildman–Crippen LogP) is 4.64. The van der Waals surface area contributed by atoms with Gasteiger partial charge in [0, 0.05) is 24.2 Å². The van der Waals surface area contributed by atoms with Crippen molar-refractivity contribution < 1.29 is 9.47 Å². The molecule has 0 amide bonds. The normalized spacial score (nSPS) is 10.7. The molecule has 29 heavy (non-hydrogen) atoms. The summed E-state index contributed by atoms with van der Waals surface area (Å²) in [5, 5.41) is 6.72. The molecule has 0 bridgehead atoms. The van der Waals surface area contributed by atoms with Crippen molar-refractivity contribution in [3.63, 3.8) is 0 Å². The Morgan fingerprint density at radius 2 is 1.66 bits per heavy atom. The molecule has 6 nitrogen and oxygen atoms in total. The molecule has 6 heteroatoms. The first-order valence-corrected chi connectivity index (χ1v) is 9.75. The SMILES string of the molecule is COc1ccc(CCNc2cc(-c3ccccc3)nc(NC(C)C)n2)cc1OC. The maximum absolute atomic E-state index is 5.38. The molecule has 0 aliphatic heterocycles. The highest BCUT2D eigenvalue weighted by Crippen LogP contribution is 2.28. The largest absolute Gasteiger partial charge is 0.493 e. The zero-order chi connectivity index (χ0) is 20.6. The second-order valence-corrected chi connectivity index (χ2v) is 6.99. The van der Waals surface area contributed by atoms with E-state index in [0.29, 0.717) is 5.95 Å². The van der Waals surface area contributed by atoms with Gasteiger partial charge in [-0.15, -0.1) is 0 Å². The summed E-state index contributed by atoms with van der Waals surface area (Å²) in [6, 6.07) is 18.3. The number of rotatable bonds is 9. The van der Waals surface area contributed by atoms with Crippen LogP contribution < -0.4 is 20.1 Å². The Hall–Kier alpha value is -3.28. The monoisotopic (exact) mass is 392 g/mol. The van der Waals surface area contributed by atoms with Crippen molar-refractivity contribution >= 4 is 11.8 Å². The summed E-state index contributed by atoms with van der Waals surface area (Å²) >= 11 is 0. The van der Waals surface area contributed by atoms with Crippen LogP contribution in [0.15, 0.2) is 54.6 Å². The topological polar surface area (TPSA) is 68.3 Å². The highest BCUT2D eigenvalue weighted by Gasteiger charge is 2.08. The second kappa shape index (κ2) is 9.78. The van der Waals surface area contributed by atoms with Gasteiger partial charge < -0.3 is 20.1 Å². The summed E-state index contributed by atoms with van der Waals surface area (Å²) in [4.78, 5) is 9.27. The van der Waals surface area contributed by atoms with Gasteiger partial charge in [0.25, 0.3) is 0 Å².